The molecule has 5 nitrogen and oxygen atoms in total. The first-order chi connectivity index (χ1) is 11.5. The van der Waals surface area contributed by atoms with Gasteiger partial charge in [-0.05, 0) is 70.0 Å². The molecule has 0 saturated carbocycles. The van der Waals surface area contributed by atoms with Gasteiger partial charge >= 0.3 is 0 Å². The Kier molecular flexibility index (Phi) is 6.56. The summed E-state index contributed by atoms with van der Waals surface area (Å²) in [6, 6.07) is 6.41. The van der Waals surface area contributed by atoms with Crippen molar-refractivity contribution in [3.8, 4) is 5.69 Å². The lowest BCUT2D eigenvalue weighted by Gasteiger charge is -2.22. The van der Waals surface area contributed by atoms with Crippen LogP contribution in [0.5, 0.6) is 0 Å². The van der Waals surface area contributed by atoms with Crippen LogP contribution in [-0.2, 0) is 0 Å². The van der Waals surface area contributed by atoms with Gasteiger partial charge in [-0.25, -0.2) is 9.07 Å². The van der Waals surface area contributed by atoms with Gasteiger partial charge in [0.1, 0.15) is 11.5 Å². The molecule has 2 heterocycles. The summed E-state index contributed by atoms with van der Waals surface area (Å²) in [7, 11) is 0. The quantitative estimate of drug-likeness (QED) is 0.874. The molecule has 2 aromatic rings. The Morgan fingerprint density at radius 3 is 2.80 bits per heavy atom. The van der Waals surface area contributed by atoms with Crippen LogP contribution in [0.3, 0.4) is 0 Å². The van der Waals surface area contributed by atoms with Gasteiger partial charge in [0.25, 0.3) is 5.91 Å². The Morgan fingerprint density at radius 2 is 2.20 bits per heavy atom. The van der Waals surface area contributed by atoms with Crippen molar-refractivity contribution in [3.05, 3.63) is 47.0 Å². The third-order valence-electron chi connectivity index (χ3n) is 4.40. The average molecular weight is 367 g/mol. The highest BCUT2D eigenvalue weighted by Crippen LogP contribution is 2.18. The molecule has 1 atom stereocenters. The fourth-order valence-corrected chi connectivity index (χ4v) is 3.13. The number of piperidine rings is 1. The van der Waals surface area contributed by atoms with Crippen molar-refractivity contribution in [2.45, 2.75) is 26.7 Å². The lowest BCUT2D eigenvalue weighted by molar-refractivity contribution is 0.0944. The molecule has 136 valence electrons. The highest BCUT2D eigenvalue weighted by atomic mass is 35.5. The zero-order valence-electron chi connectivity index (χ0n) is 14.5. The van der Waals surface area contributed by atoms with Crippen LogP contribution in [0.25, 0.3) is 5.69 Å². The molecule has 0 aliphatic carbocycles. The molecule has 1 aliphatic rings. The maximum atomic E-state index is 14.4. The standard InChI is InChI=1S/C18H23FN4O.ClH/c1-12-8-13(2)23(22-12)17-6-5-15(9-16(17)19)18(24)21-11-14-4-3-7-20-10-14;/h5-6,8-9,14,20H,3-4,7,10-11H2,1-2H3,(H,21,24);1H. The Hall–Kier alpha value is -1.92. The van der Waals surface area contributed by atoms with E-state index in [-0.39, 0.29) is 18.3 Å². The predicted molar refractivity (Wildman–Crippen MR) is 98.2 cm³/mol. The highest BCUT2D eigenvalue weighted by molar-refractivity contribution is 5.94. The topological polar surface area (TPSA) is 59.0 Å². The van der Waals surface area contributed by atoms with Crippen molar-refractivity contribution in [2.24, 2.45) is 5.92 Å². The summed E-state index contributed by atoms with van der Waals surface area (Å²) < 4.78 is 16.0. The lowest BCUT2D eigenvalue weighted by atomic mass is 9.99. The van der Waals surface area contributed by atoms with Gasteiger partial charge in [-0.1, -0.05) is 0 Å². The molecular weight excluding hydrogens is 343 g/mol. The summed E-state index contributed by atoms with van der Waals surface area (Å²) in [4.78, 5) is 12.2. The Morgan fingerprint density at radius 1 is 1.40 bits per heavy atom. The summed E-state index contributed by atoms with van der Waals surface area (Å²) in [5.41, 5.74) is 2.37. The molecule has 0 radical (unpaired) electrons. The Bertz CT molecular complexity index is 741. The third-order valence-corrected chi connectivity index (χ3v) is 4.40. The van der Waals surface area contributed by atoms with E-state index in [0.717, 1.165) is 37.3 Å². The number of rotatable bonds is 4. The summed E-state index contributed by atoms with van der Waals surface area (Å²) >= 11 is 0. The number of amides is 1. The second kappa shape index (κ2) is 8.45. The number of benzene rings is 1. The lowest BCUT2D eigenvalue weighted by Crippen LogP contribution is -2.38. The summed E-state index contributed by atoms with van der Waals surface area (Å²) in [5.74, 6) is -0.242. The van der Waals surface area contributed by atoms with E-state index in [4.69, 9.17) is 0 Å². The summed E-state index contributed by atoms with van der Waals surface area (Å²) in [6.07, 6.45) is 2.24. The molecular formula is C18H24ClFN4O. The average Bonchev–Trinajstić information content (AvgIpc) is 2.91. The first-order valence-electron chi connectivity index (χ1n) is 8.36. The molecule has 0 bridgehead atoms. The van der Waals surface area contributed by atoms with E-state index in [9.17, 15) is 9.18 Å². The minimum Gasteiger partial charge on any atom is -0.352 e. The second-order valence-electron chi connectivity index (χ2n) is 6.43. The van der Waals surface area contributed by atoms with Gasteiger partial charge in [-0.2, -0.15) is 5.10 Å². The molecule has 1 fully saturated rings. The van der Waals surface area contributed by atoms with Gasteiger partial charge in [0.15, 0.2) is 0 Å². The van der Waals surface area contributed by atoms with Crippen molar-refractivity contribution in [1.29, 1.82) is 0 Å². The molecule has 1 saturated heterocycles. The molecule has 1 aromatic heterocycles. The van der Waals surface area contributed by atoms with Gasteiger partial charge in [0, 0.05) is 17.8 Å². The smallest absolute Gasteiger partial charge is 0.251 e. The fourth-order valence-electron chi connectivity index (χ4n) is 3.13. The van der Waals surface area contributed by atoms with Gasteiger partial charge in [0.2, 0.25) is 0 Å². The van der Waals surface area contributed by atoms with E-state index in [1.807, 2.05) is 19.9 Å². The van der Waals surface area contributed by atoms with Crippen LogP contribution < -0.4 is 10.6 Å². The normalized spacial score (nSPS) is 17.0. The van der Waals surface area contributed by atoms with Crippen LogP contribution >= 0.6 is 12.4 Å². The molecule has 1 aromatic carbocycles. The molecule has 1 unspecified atom stereocenters. The molecule has 0 spiro atoms. The van der Waals surface area contributed by atoms with E-state index in [2.05, 4.69) is 15.7 Å². The van der Waals surface area contributed by atoms with Crippen molar-refractivity contribution < 1.29 is 9.18 Å². The van der Waals surface area contributed by atoms with Crippen LogP contribution in [0.4, 0.5) is 4.39 Å². The van der Waals surface area contributed by atoms with Crippen molar-refractivity contribution in [2.75, 3.05) is 19.6 Å². The first-order valence-corrected chi connectivity index (χ1v) is 8.36. The van der Waals surface area contributed by atoms with Gasteiger partial charge < -0.3 is 10.6 Å². The van der Waals surface area contributed by atoms with Crippen molar-refractivity contribution in [1.82, 2.24) is 20.4 Å². The largest absolute Gasteiger partial charge is 0.352 e. The van der Waals surface area contributed by atoms with Crippen LogP contribution in [0.2, 0.25) is 0 Å². The maximum absolute atomic E-state index is 14.4. The monoisotopic (exact) mass is 366 g/mol. The number of hydrogen-bond donors (Lipinski definition) is 2. The van der Waals surface area contributed by atoms with E-state index in [1.165, 1.54) is 6.07 Å². The minimum atomic E-state index is -0.451. The minimum absolute atomic E-state index is 0. The summed E-state index contributed by atoms with van der Waals surface area (Å²) in [5, 5.41) is 10.5. The first kappa shape index (κ1) is 19.4. The Labute approximate surface area is 153 Å². The van der Waals surface area contributed by atoms with Crippen LogP contribution in [-0.4, -0.2) is 35.3 Å². The molecule has 25 heavy (non-hydrogen) atoms. The molecule has 7 heteroatoms. The Balaban J connectivity index is 0.00000225. The third kappa shape index (κ3) is 4.58. The number of aromatic nitrogens is 2. The van der Waals surface area contributed by atoms with Gasteiger partial charge in [-0.15, -0.1) is 12.4 Å². The second-order valence-corrected chi connectivity index (χ2v) is 6.43. The van der Waals surface area contributed by atoms with E-state index in [0.29, 0.717) is 23.7 Å². The number of nitrogens with one attached hydrogen (secondary N) is 2. The number of halogens is 2. The fraction of sp³-hybridized carbons (Fsp3) is 0.444. The number of hydrogen-bond acceptors (Lipinski definition) is 3. The number of aryl methyl sites for hydroxylation is 2. The van der Waals surface area contributed by atoms with Crippen molar-refractivity contribution >= 4 is 18.3 Å². The maximum Gasteiger partial charge on any atom is 0.251 e. The number of carbonyl (C=O) groups excluding carboxylic acids is 1. The van der Waals surface area contributed by atoms with Gasteiger partial charge in [0.05, 0.1) is 5.69 Å². The van der Waals surface area contributed by atoms with Crippen LogP contribution in [0.1, 0.15) is 34.6 Å². The predicted octanol–water partition coefficient (Wildman–Crippen LogP) is 2.78. The van der Waals surface area contributed by atoms with E-state index < -0.39 is 5.82 Å². The zero-order valence-corrected chi connectivity index (χ0v) is 15.3. The van der Waals surface area contributed by atoms with Crippen LogP contribution in [0.15, 0.2) is 24.3 Å². The SMILES string of the molecule is Cc1cc(C)n(-c2ccc(C(=O)NCC3CCCNC3)cc2F)n1.Cl. The number of nitrogens with zero attached hydrogens (tertiary/aromatic N) is 2. The molecule has 1 aliphatic heterocycles. The zero-order chi connectivity index (χ0) is 17.1. The molecule has 1 amide bonds. The summed E-state index contributed by atoms with van der Waals surface area (Å²) in [6.45, 7) is 6.32. The van der Waals surface area contributed by atoms with Gasteiger partial charge in [-0.3, -0.25) is 4.79 Å². The number of carbonyl (C=O) groups is 1. The van der Waals surface area contributed by atoms with E-state index >= 15 is 0 Å². The van der Waals surface area contributed by atoms with Crippen molar-refractivity contribution in [3.63, 3.8) is 0 Å². The highest BCUT2D eigenvalue weighted by Gasteiger charge is 2.16. The van der Waals surface area contributed by atoms with E-state index in [1.54, 1.807) is 16.8 Å². The molecule has 2 N–H and O–H groups in total. The van der Waals surface area contributed by atoms with Crippen LogP contribution in [0, 0.1) is 25.6 Å². The molecule has 3 rings (SSSR count).